The Morgan fingerprint density at radius 3 is 2.55 bits per heavy atom. The summed E-state index contributed by atoms with van der Waals surface area (Å²) in [6.45, 7) is 4.41. The standard InChI is InChI=1S/C15H25N3O2.2ClH/c1-12-5-6-13(11-18(2)3)9-14(12)17-15(19)10-16-7-8-20-4;;/h5-6,9,16H,7-8,10-11H2,1-4H3,(H,17,19);2*1H. The molecule has 22 heavy (non-hydrogen) atoms. The van der Waals surface area contributed by atoms with Crippen molar-refractivity contribution in [3.05, 3.63) is 29.3 Å². The van der Waals surface area contributed by atoms with E-state index in [1.807, 2.05) is 33.2 Å². The number of anilines is 1. The van der Waals surface area contributed by atoms with Crippen LogP contribution in [0.4, 0.5) is 5.69 Å². The molecule has 0 aliphatic rings. The van der Waals surface area contributed by atoms with Crippen LogP contribution in [0.2, 0.25) is 0 Å². The first-order chi connectivity index (χ1) is 9.52. The molecule has 7 heteroatoms. The van der Waals surface area contributed by atoms with Crippen molar-refractivity contribution < 1.29 is 9.53 Å². The number of hydrogen-bond acceptors (Lipinski definition) is 4. The van der Waals surface area contributed by atoms with Crippen LogP contribution in [0.5, 0.6) is 0 Å². The minimum Gasteiger partial charge on any atom is -0.383 e. The third-order valence-corrected chi connectivity index (χ3v) is 2.84. The van der Waals surface area contributed by atoms with E-state index in [4.69, 9.17) is 4.74 Å². The van der Waals surface area contributed by atoms with Crippen LogP contribution >= 0.6 is 24.8 Å². The zero-order chi connectivity index (χ0) is 15.0. The molecule has 0 aliphatic carbocycles. The summed E-state index contributed by atoms with van der Waals surface area (Å²) in [4.78, 5) is 13.9. The molecule has 2 N–H and O–H groups in total. The van der Waals surface area contributed by atoms with Crippen molar-refractivity contribution in [2.45, 2.75) is 13.5 Å². The molecule has 1 rings (SSSR count). The van der Waals surface area contributed by atoms with Crippen molar-refractivity contribution in [2.24, 2.45) is 0 Å². The average Bonchev–Trinajstić information content (AvgIpc) is 2.38. The molecule has 0 spiro atoms. The minimum atomic E-state index is -0.0359. The van der Waals surface area contributed by atoms with Gasteiger partial charge >= 0.3 is 0 Å². The maximum Gasteiger partial charge on any atom is 0.238 e. The van der Waals surface area contributed by atoms with Crippen molar-refractivity contribution >= 4 is 36.4 Å². The molecule has 0 radical (unpaired) electrons. The predicted molar refractivity (Wildman–Crippen MR) is 96.4 cm³/mol. The van der Waals surface area contributed by atoms with Crippen molar-refractivity contribution in [3.8, 4) is 0 Å². The van der Waals surface area contributed by atoms with Crippen LogP contribution in [0.15, 0.2) is 18.2 Å². The van der Waals surface area contributed by atoms with E-state index < -0.39 is 0 Å². The summed E-state index contributed by atoms with van der Waals surface area (Å²) in [6, 6.07) is 6.15. The SMILES string of the molecule is COCCNCC(=O)Nc1cc(CN(C)C)ccc1C.Cl.Cl. The first-order valence-electron chi connectivity index (χ1n) is 6.76. The zero-order valence-corrected chi connectivity index (χ0v) is 15.3. The third-order valence-electron chi connectivity index (χ3n) is 2.84. The fraction of sp³-hybridized carbons (Fsp3) is 0.533. The first-order valence-corrected chi connectivity index (χ1v) is 6.76. The number of aryl methyl sites for hydroxylation is 1. The molecule has 0 atom stereocenters. The van der Waals surface area contributed by atoms with Gasteiger partial charge in [0, 0.05) is 25.9 Å². The normalized spacial score (nSPS) is 9.86. The second kappa shape index (κ2) is 12.7. The van der Waals surface area contributed by atoms with E-state index in [0.29, 0.717) is 19.7 Å². The average molecular weight is 352 g/mol. The van der Waals surface area contributed by atoms with Crippen molar-refractivity contribution in [1.82, 2.24) is 10.2 Å². The lowest BCUT2D eigenvalue weighted by atomic mass is 10.1. The topological polar surface area (TPSA) is 53.6 Å². The number of amides is 1. The molecule has 128 valence electrons. The van der Waals surface area contributed by atoms with Gasteiger partial charge in [-0.25, -0.2) is 0 Å². The number of carbonyl (C=O) groups is 1. The highest BCUT2D eigenvalue weighted by Gasteiger charge is 2.06. The molecule has 0 heterocycles. The molecular weight excluding hydrogens is 325 g/mol. The maximum absolute atomic E-state index is 11.8. The third kappa shape index (κ3) is 9.23. The maximum atomic E-state index is 11.8. The highest BCUT2D eigenvalue weighted by molar-refractivity contribution is 5.93. The molecule has 0 aromatic heterocycles. The van der Waals surface area contributed by atoms with Crippen molar-refractivity contribution in [1.29, 1.82) is 0 Å². The van der Waals surface area contributed by atoms with Gasteiger partial charge in [-0.1, -0.05) is 12.1 Å². The summed E-state index contributed by atoms with van der Waals surface area (Å²) < 4.78 is 4.91. The van der Waals surface area contributed by atoms with Gasteiger partial charge in [-0.3, -0.25) is 4.79 Å². The number of benzene rings is 1. The fourth-order valence-corrected chi connectivity index (χ4v) is 1.84. The molecule has 0 bridgehead atoms. The Morgan fingerprint density at radius 2 is 1.95 bits per heavy atom. The molecule has 1 amide bonds. The van der Waals surface area contributed by atoms with E-state index in [9.17, 15) is 4.79 Å². The summed E-state index contributed by atoms with van der Waals surface area (Å²) in [5, 5.41) is 5.97. The Hall–Kier alpha value is -0.850. The predicted octanol–water partition coefficient (Wildman–Crippen LogP) is 2.07. The van der Waals surface area contributed by atoms with Gasteiger partial charge in [0.15, 0.2) is 0 Å². The van der Waals surface area contributed by atoms with Crippen LogP contribution in [0.1, 0.15) is 11.1 Å². The Bertz CT molecular complexity index is 443. The molecular formula is C15H27Cl2N3O2. The minimum absolute atomic E-state index is 0. The van der Waals surface area contributed by atoms with Gasteiger partial charge in [-0.05, 0) is 38.2 Å². The highest BCUT2D eigenvalue weighted by atomic mass is 35.5. The Morgan fingerprint density at radius 1 is 1.27 bits per heavy atom. The lowest BCUT2D eigenvalue weighted by Crippen LogP contribution is -2.30. The largest absolute Gasteiger partial charge is 0.383 e. The lowest BCUT2D eigenvalue weighted by Gasteiger charge is -2.14. The Balaban J connectivity index is 0. The van der Waals surface area contributed by atoms with Crippen LogP contribution in [0.3, 0.4) is 0 Å². The molecule has 0 aliphatic heterocycles. The monoisotopic (exact) mass is 351 g/mol. The highest BCUT2D eigenvalue weighted by Crippen LogP contribution is 2.17. The van der Waals surface area contributed by atoms with Gasteiger partial charge in [0.1, 0.15) is 0 Å². The van der Waals surface area contributed by atoms with Crippen LogP contribution in [0.25, 0.3) is 0 Å². The van der Waals surface area contributed by atoms with Crippen molar-refractivity contribution in [2.75, 3.05) is 46.2 Å². The Kier molecular flexibility index (Phi) is 13.5. The number of halogens is 2. The van der Waals surface area contributed by atoms with E-state index in [1.165, 1.54) is 5.56 Å². The lowest BCUT2D eigenvalue weighted by molar-refractivity contribution is -0.115. The van der Waals surface area contributed by atoms with Gasteiger partial charge in [0.2, 0.25) is 5.91 Å². The summed E-state index contributed by atoms with van der Waals surface area (Å²) >= 11 is 0. The van der Waals surface area contributed by atoms with E-state index in [2.05, 4.69) is 21.6 Å². The van der Waals surface area contributed by atoms with E-state index in [-0.39, 0.29) is 30.7 Å². The van der Waals surface area contributed by atoms with Crippen molar-refractivity contribution in [3.63, 3.8) is 0 Å². The van der Waals surface area contributed by atoms with Gasteiger partial charge < -0.3 is 20.3 Å². The molecule has 0 fully saturated rings. The quantitative estimate of drug-likeness (QED) is 0.704. The number of carbonyl (C=O) groups excluding carboxylic acids is 1. The second-order valence-electron chi connectivity index (χ2n) is 5.10. The number of hydrogen-bond donors (Lipinski definition) is 2. The van der Waals surface area contributed by atoms with Crippen LogP contribution in [-0.4, -0.2) is 51.7 Å². The summed E-state index contributed by atoms with van der Waals surface area (Å²) in [6.07, 6.45) is 0. The van der Waals surface area contributed by atoms with Gasteiger partial charge in [-0.2, -0.15) is 0 Å². The smallest absolute Gasteiger partial charge is 0.238 e. The molecule has 0 unspecified atom stereocenters. The Labute approximate surface area is 145 Å². The van der Waals surface area contributed by atoms with Gasteiger partial charge in [0.05, 0.1) is 13.2 Å². The summed E-state index contributed by atoms with van der Waals surface area (Å²) in [5.41, 5.74) is 3.13. The van der Waals surface area contributed by atoms with Crippen LogP contribution in [0, 0.1) is 6.92 Å². The van der Waals surface area contributed by atoms with E-state index >= 15 is 0 Å². The van der Waals surface area contributed by atoms with E-state index in [0.717, 1.165) is 17.8 Å². The first kappa shape index (κ1) is 23.4. The zero-order valence-electron chi connectivity index (χ0n) is 13.6. The number of nitrogens with zero attached hydrogens (tertiary/aromatic N) is 1. The second-order valence-corrected chi connectivity index (χ2v) is 5.10. The van der Waals surface area contributed by atoms with Gasteiger partial charge in [-0.15, -0.1) is 24.8 Å². The molecule has 1 aromatic carbocycles. The van der Waals surface area contributed by atoms with Crippen LogP contribution in [-0.2, 0) is 16.1 Å². The molecule has 0 saturated carbocycles. The van der Waals surface area contributed by atoms with E-state index in [1.54, 1.807) is 7.11 Å². The number of nitrogens with one attached hydrogen (secondary N) is 2. The van der Waals surface area contributed by atoms with Gasteiger partial charge in [0.25, 0.3) is 0 Å². The number of rotatable bonds is 8. The molecule has 0 saturated heterocycles. The molecule has 1 aromatic rings. The number of methoxy groups -OCH3 is 1. The van der Waals surface area contributed by atoms with Crippen LogP contribution < -0.4 is 10.6 Å². The fourth-order valence-electron chi connectivity index (χ4n) is 1.84. The summed E-state index contributed by atoms with van der Waals surface area (Å²) in [7, 11) is 5.69. The number of ether oxygens (including phenoxy) is 1. The molecule has 5 nitrogen and oxygen atoms in total. The summed E-state index contributed by atoms with van der Waals surface area (Å²) in [5.74, 6) is -0.0359.